The number of guanidine groups is 1. The van der Waals surface area contributed by atoms with Crippen LogP contribution in [0.1, 0.15) is 37.8 Å². The van der Waals surface area contributed by atoms with Crippen LogP contribution in [-0.2, 0) is 16.8 Å². The third kappa shape index (κ3) is 8.04. The van der Waals surface area contributed by atoms with Crippen LogP contribution in [-0.4, -0.2) is 54.6 Å². The topological polar surface area (TPSA) is 77.0 Å². The number of carbonyl (C=O) groups is 1. The number of nitrogens with zero attached hydrogens (tertiary/aromatic N) is 2. The first-order valence-electron chi connectivity index (χ1n) is 11.1. The van der Waals surface area contributed by atoms with Gasteiger partial charge in [0.15, 0.2) is 5.96 Å². The summed E-state index contributed by atoms with van der Waals surface area (Å²) in [7, 11) is 0. The summed E-state index contributed by atoms with van der Waals surface area (Å²) in [4.78, 5) is 19.1. The molecule has 1 aliphatic rings. The second-order valence-corrected chi connectivity index (χ2v) is 9.13. The lowest BCUT2D eigenvalue weighted by molar-refractivity contribution is -0.130. The number of amides is 1. The molecule has 1 unspecified atom stereocenters. The first-order chi connectivity index (χ1) is 15.0. The molecule has 1 aromatic heterocycles. The molecule has 0 saturated carbocycles. The Balaban J connectivity index is 0.00000363. The van der Waals surface area contributed by atoms with E-state index < -0.39 is 5.60 Å². The van der Waals surface area contributed by atoms with Gasteiger partial charge in [-0.2, -0.15) is 11.3 Å². The van der Waals surface area contributed by atoms with Gasteiger partial charge in [-0.05, 0) is 67.0 Å². The average molecular weight is 571 g/mol. The SMILES string of the molecule is CCNC(=NCC(=O)N1CCC(Cc2ccccc2)CC1)NCC(C)(O)c1ccsc1.I. The minimum absolute atomic E-state index is 0. The number of halogens is 1. The molecule has 2 aromatic rings. The zero-order chi connectivity index (χ0) is 22.1. The minimum Gasteiger partial charge on any atom is -0.384 e. The van der Waals surface area contributed by atoms with E-state index in [1.807, 2.05) is 34.7 Å². The van der Waals surface area contributed by atoms with Crippen molar-refractivity contribution < 1.29 is 9.90 Å². The Morgan fingerprint density at radius 2 is 1.94 bits per heavy atom. The van der Waals surface area contributed by atoms with Crippen LogP contribution in [0.15, 0.2) is 52.2 Å². The smallest absolute Gasteiger partial charge is 0.244 e. The molecular weight excluding hydrogens is 535 g/mol. The quantitative estimate of drug-likeness (QED) is 0.258. The van der Waals surface area contributed by atoms with Gasteiger partial charge in [-0.3, -0.25) is 4.79 Å². The second kappa shape index (κ2) is 13.2. The lowest BCUT2D eigenvalue weighted by Crippen LogP contribution is -2.45. The van der Waals surface area contributed by atoms with Gasteiger partial charge < -0.3 is 20.6 Å². The third-order valence-corrected chi connectivity index (χ3v) is 6.48. The lowest BCUT2D eigenvalue weighted by Gasteiger charge is -2.32. The number of aliphatic hydroxyl groups is 1. The molecule has 1 atom stereocenters. The second-order valence-electron chi connectivity index (χ2n) is 8.35. The minimum atomic E-state index is -0.999. The van der Waals surface area contributed by atoms with Crippen LogP contribution >= 0.6 is 35.3 Å². The Labute approximate surface area is 212 Å². The zero-order valence-electron chi connectivity index (χ0n) is 18.9. The number of aliphatic imine (C=N–C) groups is 1. The molecule has 176 valence electrons. The number of likely N-dealkylation sites (tertiary alicyclic amines) is 1. The van der Waals surface area contributed by atoms with Crippen molar-refractivity contribution in [2.45, 2.75) is 38.7 Å². The van der Waals surface area contributed by atoms with E-state index in [2.05, 4.69) is 39.9 Å². The Hall–Kier alpha value is -1.65. The maximum absolute atomic E-state index is 12.7. The van der Waals surface area contributed by atoms with E-state index in [0.29, 0.717) is 25.0 Å². The first kappa shape index (κ1) is 26.6. The monoisotopic (exact) mass is 570 g/mol. The molecule has 2 heterocycles. The number of rotatable bonds is 8. The maximum atomic E-state index is 12.7. The molecule has 0 bridgehead atoms. The van der Waals surface area contributed by atoms with Crippen LogP contribution in [0.4, 0.5) is 0 Å². The van der Waals surface area contributed by atoms with Crippen molar-refractivity contribution in [3.63, 3.8) is 0 Å². The molecule has 1 aliphatic heterocycles. The Morgan fingerprint density at radius 3 is 2.56 bits per heavy atom. The van der Waals surface area contributed by atoms with Crippen molar-refractivity contribution in [1.82, 2.24) is 15.5 Å². The van der Waals surface area contributed by atoms with E-state index in [1.165, 1.54) is 5.56 Å². The molecule has 1 saturated heterocycles. The molecule has 1 amide bonds. The van der Waals surface area contributed by atoms with Crippen LogP contribution in [0.3, 0.4) is 0 Å². The highest BCUT2D eigenvalue weighted by atomic mass is 127. The number of hydrogen-bond acceptors (Lipinski definition) is 4. The fourth-order valence-electron chi connectivity index (χ4n) is 3.85. The van der Waals surface area contributed by atoms with Gasteiger partial charge in [-0.25, -0.2) is 4.99 Å². The molecule has 1 aromatic carbocycles. The van der Waals surface area contributed by atoms with Gasteiger partial charge in [-0.15, -0.1) is 24.0 Å². The molecule has 8 heteroatoms. The van der Waals surface area contributed by atoms with Crippen LogP contribution in [0.2, 0.25) is 0 Å². The summed E-state index contributed by atoms with van der Waals surface area (Å²) in [6.07, 6.45) is 3.15. The maximum Gasteiger partial charge on any atom is 0.244 e. The van der Waals surface area contributed by atoms with Gasteiger partial charge in [0, 0.05) is 19.6 Å². The molecule has 3 rings (SSSR count). The summed E-state index contributed by atoms with van der Waals surface area (Å²) in [5.74, 6) is 1.23. The van der Waals surface area contributed by atoms with E-state index in [4.69, 9.17) is 0 Å². The highest BCUT2D eigenvalue weighted by Gasteiger charge is 2.25. The summed E-state index contributed by atoms with van der Waals surface area (Å²) in [5.41, 5.74) is 1.24. The zero-order valence-corrected chi connectivity index (χ0v) is 22.1. The standard InChI is InChI=1S/C24H34N4O2S.HI/c1-3-25-23(27-18-24(2,30)21-11-14-31-17-21)26-16-22(29)28-12-9-20(10-13-28)15-19-7-5-4-6-8-19;/h4-8,11,14,17,20,30H,3,9-10,12-13,15-16,18H2,1-2H3,(H2,25,26,27);1H. The van der Waals surface area contributed by atoms with Gasteiger partial charge in [0.05, 0.1) is 6.54 Å². The summed E-state index contributed by atoms with van der Waals surface area (Å²) in [5, 5.41) is 20.9. The van der Waals surface area contributed by atoms with Gasteiger partial charge in [0.25, 0.3) is 0 Å². The fraction of sp³-hybridized carbons (Fsp3) is 0.500. The van der Waals surface area contributed by atoms with E-state index >= 15 is 0 Å². The number of piperidine rings is 1. The Bertz CT molecular complexity index is 835. The number of hydrogen-bond donors (Lipinski definition) is 3. The number of thiophene rings is 1. The molecular formula is C24H35IN4O2S. The molecule has 0 aliphatic carbocycles. The highest BCUT2D eigenvalue weighted by Crippen LogP contribution is 2.23. The first-order valence-corrected chi connectivity index (χ1v) is 12.0. The Kier molecular flexibility index (Phi) is 10.9. The number of benzene rings is 1. The van der Waals surface area contributed by atoms with Crippen LogP contribution < -0.4 is 10.6 Å². The predicted molar refractivity (Wildman–Crippen MR) is 143 cm³/mol. The molecule has 32 heavy (non-hydrogen) atoms. The van der Waals surface area contributed by atoms with Crippen molar-refractivity contribution in [2.24, 2.45) is 10.9 Å². The summed E-state index contributed by atoms with van der Waals surface area (Å²) in [6, 6.07) is 12.5. The van der Waals surface area contributed by atoms with E-state index in [-0.39, 0.29) is 36.4 Å². The fourth-order valence-corrected chi connectivity index (χ4v) is 4.63. The van der Waals surface area contributed by atoms with Crippen molar-refractivity contribution in [3.05, 3.63) is 58.3 Å². The molecule has 1 fully saturated rings. The van der Waals surface area contributed by atoms with E-state index in [1.54, 1.807) is 18.3 Å². The number of nitrogens with one attached hydrogen (secondary N) is 2. The molecule has 6 nitrogen and oxygen atoms in total. The van der Waals surface area contributed by atoms with Crippen molar-refractivity contribution in [2.75, 3.05) is 32.7 Å². The number of carbonyl (C=O) groups excluding carboxylic acids is 1. The normalized spacial score (nSPS) is 16.7. The molecule has 0 radical (unpaired) electrons. The van der Waals surface area contributed by atoms with Gasteiger partial charge in [0.2, 0.25) is 5.91 Å². The van der Waals surface area contributed by atoms with E-state index in [9.17, 15) is 9.90 Å². The van der Waals surface area contributed by atoms with E-state index in [0.717, 1.165) is 37.9 Å². The average Bonchev–Trinajstić information content (AvgIpc) is 3.33. The van der Waals surface area contributed by atoms with Crippen LogP contribution in [0.25, 0.3) is 0 Å². The third-order valence-electron chi connectivity index (χ3n) is 5.79. The van der Waals surface area contributed by atoms with Crippen LogP contribution in [0.5, 0.6) is 0 Å². The Morgan fingerprint density at radius 1 is 1.22 bits per heavy atom. The lowest BCUT2D eigenvalue weighted by atomic mass is 9.90. The predicted octanol–water partition coefficient (Wildman–Crippen LogP) is 3.61. The molecule has 3 N–H and O–H groups in total. The van der Waals surface area contributed by atoms with Crippen molar-refractivity contribution in [1.29, 1.82) is 0 Å². The summed E-state index contributed by atoms with van der Waals surface area (Å²) < 4.78 is 0. The molecule has 0 spiro atoms. The van der Waals surface area contributed by atoms with Gasteiger partial charge in [-0.1, -0.05) is 30.3 Å². The summed E-state index contributed by atoms with van der Waals surface area (Å²) in [6.45, 7) is 6.45. The van der Waals surface area contributed by atoms with Crippen molar-refractivity contribution in [3.8, 4) is 0 Å². The van der Waals surface area contributed by atoms with Gasteiger partial charge in [0.1, 0.15) is 12.1 Å². The summed E-state index contributed by atoms with van der Waals surface area (Å²) >= 11 is 1.56. The highest BCUT2D eigenvalue weighted by molar-refractivity contribution is 14.0. The van der Waals surface area contributed by atoms with Crippen LogP contribution in [0, 0.1) is 5.92 Å². The largest absolute Gasteiger partial charge is 0.384 e. The van der Waals surface area contributed by atoms with Crippen molar-refractivity contribution >= 4 is 47.2 Å². The van der Waals surface area contributed by atoms with Gasteiger partial charge >= 0.3 is 0 Å².